The predicted octanol–water partition coefficient (Wildman–Crippen LogP) is 0.589. The van der Waals surface area contributed by atoms with Crippen LogP contribution in [0.4, 0.5) is 8.78 Å². The van der Waals surface area contributed by atoms with Crippen molar-refractivity contribution in [1.29, 1.82) is 0 Å². The van der Waals surface area contributed by atoms with Crippen LogP contribution in [-0.4, -0.2) is 37.0 Å². The van der Waals surface area contributed by atoms with E-state index in [1.165, 1.54) is 0 Å². The highest BCUT2D eigenvalue weighted by Gasteiger charge is 2.14. The minimum absolute atomic E-state index is 0.192. The molecular weight excluding hydrogens is 178 g/mol. The lowest BCUT2D eigenvalue weighted by molar-refractivity contribution is -0.130. The van der Waals surface area contributed by atoms with E-state index in [0.29, 0.717) is 19.2 Å². The van der Waals surface area contributed by atoms with Crippen molar-refractivity contribution in [2.24, 2.45) is 0 Å². The van der Waals surface area contributed by atoms with E-state index in [9.17, 15) is 13.6 Å². The Kier molecular flexibility index (Phi) is 3.82. The molecule has 1 aliphatic rings. The molecule has 1 aliphatic heterocycles. The van der Waals surface area contributed by atoms with Crippen LogP contribution in [0.2, 0.25) is 0 Å². The van der Waals surface area contributed by atoms with Crippen molar-refractivity contribution < 1.29 is 13.6 Å². The van der Waals surface area contributed by atoms with E-state index < -0.39 is 6.08 Å². The Morgan fingerprint density at radius 2 is 2.00 bits per heavy atom. The fourth-order valence-corrected chi connectivity index (χ4v) is 1.21. The smallest absolute Gasteiger partial charge is 0.266 e. The first-order valence-corrected chi connectivity index (χ1v) is 4.20. The first-order valence-electron chi connectivity index (χ1n) is 4.20. The monoisotopic (exact) mass is 190 g/mol. The summed E-state index contributed by atoms with van der Waals surface area (Å²) in [4.78, 5) is 12.8. The molecule has 0 aromatic heterocycles. The molecule has 1 amide bonds. The summed E-state index contributed by atoms with van der Waals surface area (Å²) in [5.41, 5.74) is 0. The third-order valence-electron chi connectivity index (χ3n) is 1.90. The van der Waals surface area contributed by atoms with E-state index in [2.05, 4.69) is 5.32 Å². The maximum Gasteiger partial charge on any atom is 0.266 e. The van der Waals surface area contributed by atoms with Crippen LogP contribution in [0.25, 0.3) is 0 Å². The van der Waals surface area contributed by atoms with Crippen molar-refractivity contribution in [3.05, 3.63) is 12.2 Å². The molecule has 1 saturated heterocycles. The average Bonchev–Trinajstić information content (AvgIpc) is 2.15. The molecule has 1 fully saturated rings. The molecule has 0 aromatic rings. The molecule has 1 heterocycles. The van der Waals surface area contributed by atoms with Crippen molar-refractivity contribution in [3.8, 4) is 0 Å². The zero-order valence-corrected chi connectivity index (χ0v) is 7.22. The molecule has 0 bridgehead atoms. The Hall–Kier alpha value is -0.970. The van der Waals surface area contributed by atoms with Gasteiger partial charge < -0.3 is 10.2 Å². The number of nitrogens with one attached hydrogen (secondary N) is 1. The number of amides is 1. The van der Waals surface area contributed by atoms with Gasteiger partial charge in [0.25, 0.3) is 6.08 Å². The van der Waals surface area contributed by atoms with Gasteiger partial charge in [-0.3, -0.25) is 4.79 Å². The number of carbonyl (C=O) groups excluding carboxylic acids is 1. The minimum atomic E-state index is -1.79. The molecular formula is C8H12F2N2O. The number of piperazine rings is 1. The molecule has 13 heavy (non-hydrogen) atoms. The normalized spacial score (nSPS) is 16.9. The first kappa shape index (κ1) is 10.1. The summed E-state index contributed by atoms with van der Waals surface area (Å²) in [5.74, 6) is -0.227. The summed E-state index contributed by atoms with van der Waals surface area (Å²) in [6, 6.07) is 0. The van der Waals surface area contributed by atoms with Gasteiger partial charge in [-0.2, -0.15) is 8.78 Å². The quantitative estimate of drug-likeness (QED) is 0.691. The molecule has 0 spiro atoms. The lowest BCUT2D eigenvalue weighted by atomic mass is 10.3. The molecule has 0 unspecified atom stereocenters. The molecule has 5 heteroatoms. The summed E-state index contributed by atoms with van der Waals surface area (Å²) in [6.45, 7) is 2.71. The predicted molar refractivity (Wildman–Crippen MR) is 44.4 cm³/mol. The van der Waals surface area contributed by atoms with Crippen molar-refractivity contribution in [1.82, 2.24) is 10.2 Å². The van der Waals surface area contributed by atoms with Crippen molar-refractivity contribution >= 4 is 5.91 Å². The second-order valence-corrected chi connectivity index (χ2v) is 2.83. The van der Waals surface area contributed by atoms with Crippen molar-refractivity contribution in [2.75, 3.05) is 26.2 Å². The maximum absolute atomic E-state index is 11.6. The van der Waals surface area contributed by atoms with Gasteiger partial charge in [-0.1, -0.05) is 0 Å². The van der Waals surface area contributed by atoms with Gasteiger partial charge in [0, 0.05) is 26.2 Å². The summed E-state index contributed by atoms with van der Waals surface area (Å²) in [7, 11) is 0. The van der Waals surface area contributed by atoms with Crippen LogP contribution >= 0.6 is 0 Å². The van der Waals surface area contributed by atoms with E-state index >= 15 is 0 Å². The Morgan fingerprint density at radius 3 is 2.54 bits per heavy atom. The summed E-state index contributed by atoms with van der Waals surface area (Å²) in [5, 5.41) is 3.08. The maximum atomic E-state index is 11.6. The van der Waals surface area contributed by atoms with Crippen LogP contribution in [0, 0.1) is 0 Å². The highest BCUT2D eigenvalue weighted by Crippen LogP contribution is 2.02. The molecule has 3 nitrogen and oxygen atoms in total. The number of nitrogens with zero attached hydrogens (tertiary/aromatic N) is 1. The van der Waals surface area contributed by atoms with Crippen LogP contribution in [0.1, 0.15) is 6.42 Å². The van der Waals surface area contributed by atoms with Crippen LogP contribution in [0.15, 0.2) is 12.2 Å². The Labute approximate surface area is 75.4 Å². The summed E-state index contributed by atoms with van der Waals surface area (Å²) < 4.78 is 23.3. The highest BCUT2D eigenvalue weighted by atomic mass is 19.3. The van der Waals surface area contributed by atoms with Gasteiger partial charge >= 0.3 is 0 Å². The van der Waals surface area contributed by atoms with Crippen LogP contribution in [0.5, 0.6) is 0 Å². The van der Waals surface area contributed by atoms with Crippen LogP contribution in [0.3, 0.4) is 0 Å². The number of halogens is 2. The van der Waals surface area contributed by atoms with Gasteiger partial charge in [0.2, 0.25) is 5.91 Å². The Bertz CT molecular complexity index is 208. The molecule has 0 aliphatic carbocycles. The average molecular weight is 190 g/mol. The van der Waals surface area contributed by atoms with Gasteiger partial charge in [-0.25, -0.2) is 0 Å². The van der Waals surface area contributed by atoms with E-state index in [0.717, 1.165) is 13.1 Å². The van der Waals surface area contributed by atoms with Crippen molar-refractivity contribution in [2.45, 2.75) is 6.42 Å². The third-order valence-corrected chi connectivity index (χ3v) is 1.90. The van der Waals surface area contributed by atoms with Gasteiger partial charge in [0.05, 0.1) is 6.42 Å². The van der Waals surface area contributed by atoms with E-state index in [-0.39, 0.29) is 12.3 Å². The highest BCUT2D eigenvalue weighted by molar-refractivity contribution is 5.77. The van der Waals surface area contributed by atoms with Crippen LogP contribution < -0.4 is 5.32 Å². The fraction of sp³-hybridized carbons (Fsp3) is 0.625. The Balaban J connectivity index is 2.33. The zero-order chi connectivity index (χ0) is 9.68. The number of hydrogen-bond acceptors (Lipinski definition) is 2. The minimum Gasteiger partial charge on any atom is -0.340 e. The van der Waals surface area contributed by atoms with E-state index in [1.807, 2.05) is 0 Å². The molecule has 0 saturated carbocycles. The lowest BCUT2D eigenvalue weighted by Crippen LogP contribution is -2.46. The van der Waals surface area contributed by atoms with E-state index in [1.54, 1.807) is 4.90 Å². The molecule has 1 N–H and O–H groups in total. The topological polar surface area (TPSA) is 32.3 Å². The first-order chi connectivity index (χ1) is 6.20. The van der Waals surface area contributed by atoms with Gasteiger partial charge in [0.1, 0.15) is 0 Å². The summed E-state index contributed by atoms with van der Waals surface area (Å²) >= 11 is 0. The molecule has 74 valence electrons. The van der Waals surface area contributed by atoms with Gasteiger partial charge in [-0.15, -0.1) is 0 Å². The number of hydrogen-bond donors (Lipinski definition) is 1. The third kappa shape index (κ3) is 3.50. The number of rotatable bonds is 2. The fourth-order valence-electron chi connectivity index (χ4n) is 1.21. The largest absolute Gasteiger partial charge is 0.340 e. The zero-order valence-electron chi connectivity index (χ0n) is 7.22. The van der Waals surface area contributed by atoms with E-state index in [4.69, 9.17) is 0 Å². The molecule has 0 atom stereocenters. The molecule has 0 radical (unpaired) electrons. The summed E-state index contributed by atoms with van der Waals surface area (Å²) in [6.07, 6.45) is -1.32. The molecule has 1 rings (SSSR count). The second-order valence-electron chi connectivity index (χ2n) is 2.83. The van der Waals surface area contributed by atoms with Crippen LogP contribution in [-0.2, 0) is 4.79 Å². The number of carbonyl (C=O) groups is 1. The molecule has 0 aromatic carbocycles. The Morgan fingerprint density at radius 1 is 1.38 bits per heavy atom. The second kappa shape index (κ2) is 4.91. The lowest BCUT2D eigenvalue weighted by Gasteiger charge is -2.26. The van der Waals surface area contributed by atoms with Crippen molar-refractivity contribution in [3.63, 3.8) is 0 Å². The SMILES string of the molecule is O=C(CC=C(F)F)N1CCNCC1. The van der Waals surface area contributed by atoms with Gasteiger partial charge in [-0.05, 0) is 6.08 Å². The van der Waals surface area contributed by atoms with Gasteiger partial charge in [0.15, 0.2) is 0 Å². The standard InChI is InChI=1S/C8H12F2N2O/c9-7(10)1-2-8(13)12-5-3-11-4-6-12/h1,11H,2-6H2.